The number of anilines is 1. The molecule has 2 aromatic carbocycles. The summed E-state index contributed by atoms with van der Waals surface area (Å²) in [6.45, 7) is 1.77. The van der Waals surface area contributed by atoms with Crippen LogP contribution in [0.5, 0.6) is 0 Å². The second kappa shape index (κ2) is 8.16. The fourth-order valence-electron chi connectivity index (χ4n) is 3.42. The van der Waals surface area contributed by atoms with E-state index in [-0.39, 0.29) is 17.2 Å². The van der Waals surface area contributed by atoms with Crippen LogP contribution in [0.15, 0.2) is 87.4 Å². The van der Waals surface area contributed by atoms with E-state index in [9.17, 15) is 13.2 Å². The van der Waals surface area contributed by atoms with Crippen molar-refractivity contribution in [1.29, 1.82) is 0 Å². The summed E-state index contributed by atoms with van der Waals surface area (Å²) in [5.74, 6) is 0.441. The van der Waals surface area contributed by atoms with Crippen LogP contribution in [-0.2, 0) is 14.8 Å². The maximum Gasteiger partial charge on any atom is 0.261 e. The smallest absolute Gasteiger partial charge is 0.261 e. The van der Waals surface area contributed by atoms with Gasteiger partial charge in [0.15, 0.2) is 0 Å². The molecule has 1 N–H and O–H groups in total. The van der Waals surface area contributed by atoms with Gasteiger partial charge < -0.3 is 4.42 Å². The first-order valence-corrected chi connectivity index (χ1v) is 11.1. The number of hydrogen-bond donors (Lipinski definition) is 1. The van der Waals surface area contributed by atoms with Gasteiger partial charge in [0.2, 0.25) is 5.91 Å². The van der Waals surface area contributed by atoms with Gasteiger partial charge in [-0.2, -0.15) is 5.10 Å². The fraction of sp³-hybridized carbons (Fsp3) is 0.182. The average molecular weight is 423 g/mol. The van der Waals surface area contributed by atoms with Gasteiger partial charge in [-0.25, -0.2) is 13.4 Å². The van der Waals surface area contributed by atoms with E-state index in [2.05, 4.69) is 9.82 Å². The van der Waals surface area contributed by atoms with Crippen molar-refractivity contribution in [2.45, 2.75) is 30.7 Å². The van der Waals surface area contributed by atoms with Crippen LogP contribution in [0.1, 0.15) is 37.1 Å². The number of carbonyl (C=O) groups is 1. The predicted molar refractivity (Wildman–Crippen MR) is 113 cm³/mol. The van der Waals surface area contributed by atoms with Gasteiger partial charge in [-0.05, 0) is 30.3 Å². The number of nitrogens with one attached hydrogen (secondary N) is 1. The van der Waals surface area contributed by atoms with Crippen LogP contribution in [-0.4, -0.2) is 25.0 Å². The van der Waals surface area contributed by atoms with Crippen molar-refractivity contribution in [1.82, 2.24) is 5.01 Å². The van der Waals surface area contributed by atoms with E-state index in [4.69, 9.17) is 4.42 Å². The molecule has 0 aliphatic carbocycles. The number of hydrogen-bond acceptors (Lipinski definition) is 5. The van der Waals surface area contributed by atoms with E-state index in [1.807, 2.05) is 12.1 Å². The molecule has 0 radical (unpaired) electrons. The summed E-state index contributed by atoms with van der Waals surface area (Å²) in [6.07, 6.45) is 2.26. The molecule has 30 heavy (non-hydrogen) atoms. The van der Waals surface area contributed by atoms with Crippen molar-refractivity contribution in [3.05, 3.63) is 84.3 Å². The van der Waals surface area contributed by atoms with E-state index in [1.165, 1.54) is 17.1 Å². The third-order valence-electron chi connectivity index (χ3n) is 4.89. The largest absolute Gasteiger partial charge is 0.463 e. The fourth-order valence-corrected chi connectivity index (χ4v) is 4.53. The first-order chi connectivity index (χ1) is 14.5. The number of benzene rings is 2. The topological polar surface area (TPSA) is 92.0 Å². The molecule has 1 aliphatic rings. The summed E-state index contributed by atoms with van der Waals surface area (Å²) in [7, 11) is -3.77. The number of furan rings is 1. The maximum atomic E-state index is 12.9. The molecular weight excluding hydrogens is 402 g/mol. The molecule has 8 heteroatoms. The number of para-hydroxylation sites is 1. The van der Waals surface area contributed by atoms with Crippen molar-refractivity contribution in [3.8, 4) is 0 Å². The zero-order chi connectivity index (χ0) is 21.1. The van der Waals surface area contributed by atoms with Gasteiger partial charge in [-0.3, -0.25) is 9.52 Å². The number of nitrogens with zero attached hydrogens (tertiary/aromatic N) is 2. The Bertz CT molecular complexity index is 1170. The molecule has 1 amide bonds. The molecule has 3 aromatic rings. The summed E-state index contributed by atoms with van der Waals surface area (Å²) in [4.78, 5) is 12.7. The molecule has 1 aromatic heterocycles. The Balaban J connectivity index is 1.70. The van der Waals surface area contributed by atoms with E-state index in [1.54, 1.807) is 55.7 Å². The molecule has 7 nitrogen and oxygen atoms in total. The highest BCUT2D eigenvalue weighted by molar-refractivity contribution is 7.92. The first-order valence-electron chi connectivity index (χ1n) is 9.60. The summed E-state index contributed by atoms with van der Waals surface area (Å²) in [6, 6.07) is 18.3. The quantitative estimate of drug-likeness (QED) is 0.644. The first kappa shape index (κ1) is 19.9. The molecule has 2 heterocycles. The summed E-state index contributed by atoms with van der Waals surface area (Å²) >= 11 is 0. The van der Waals surface area contributed by atoms with Crippen LogP contribution in [0.4, 0.5) is 5.69 Å². The van der Waals surface area contributed by atoms with Gasteiger partial charge in [0.05, 0.1) is 22.9 Å². The maximum absolute atomic E-state index is 12.9. The number of sulfonamides is 1. The molecule has 0 unspecified atom stereocenters. The van der Waals surface area contributed by atoms with Crippen molar-refractivity contribution >= 4 is 27.3 Å². The van der Waals surface area contributed by atoms with E-state index in [0.29, 0.717) is 29.1 Å². The van der Waals surface area contributed by atoms with Gasteiger partial charge in [0, 0.05) is 18.4 Å². The van der Waals surface area contributed by atoms with E-state index >= 15 is 0 Å². The minimum absolute atomic E-state index is 0.151. The Morgan fingerprint density at radius 1 is 1.10 bits per heavy atom. The summed E-state index contributed by atoms with van der Waals surface area (Å²) in [5, 5.41) is 5.91. The molecule has 0 saturated heterocycles. The van der Waals surface area contributed by atoms with Gasteiger partial charge in [-0.1, -0.05) is 43.3 Å². The third kappa shape index (κ3) is 3.86. The Morgan fingerprint density at radius 3 is 2.53 bits per heavy atom. The zero-order valence-corrected chi connectivity index (χ0v) is 17.2. The summed E-state index contributed by atoms with van der Waals surface area (Å²) < 4.78 is 33.8. The number of carbonyl (C=O) groups excluding carboxylic acids is 1. The Hall–Kier alpha value is -3.39. The third-order valence-corrected chi connectivity index (χ3v) is 6.27. The number of amides is 1. The predicted octanol–water partition coefficient (Wildman–Crippen LogP) is 4.17. The summed E-state index contributed by atoms with van der Waals surface area (Å²) in [5.41, 5.74) is 1.73. The SMILES string of the molecule is CCC(=O)N1N=C(c2ccco2)C[C@H]1c1ccccc1NS(=O)(=O)c1ccccc1. The Morgan fingerprint density at radius 2 is 1.83 bits per heavy atom. The van der Waals surface area contributed by atoms with Crippen molar-refractivity contribution in [3.63, 3.8) is 0 Å². The van der Waals surface area contributed by atoms with Gasteiger partial charge in [0.1, 0.15) is 11.5 Å². The lowest BCUT2D eigenvalue weighted by molar-refractivity contribution is -0.132. The molecule has 0 spiro atoms. The standard InChI is InChI=1S/C22H21N3O4S/c1-2-22(26)25-20(15-19(23-25)21-13-8-14-29-21)17-11-6-7-12-18(17)24-30(27,28)16-9-4-3-5-10-16/h3-14,20,24H,2,15H2,1H3/t20-/m0/s1. The number of hydrazone groups is 1. The lowest BCUT2D eigenvalue weighted by Crippen LogP contribution is -2.27. The van der Waals surface area contributed by atoms with Crippen LogP contribution >= 0.6 is 0 Å². The van der Waals surface area contributed by atoms with E-state index < -0.39 is 16.1 Å². The van der Waals surface area contributed by atoms with Crippen LogP contribution < -0.4 is 4.72 Å². The average Bonchev–Trinajstić information content (AvgIpc) is 3.44. The monoisotopic (exact) mass is 423 g/mol. The van der Waals surface area contributed by atoms with Gasteiger partial charge >= 0.3 is 0 Å². The molecule has 1 atom stereocenters. The van der Waals surface area contributed by atoms with Crippen LogP contribution in [0, 0.1) is 0 Å². The number of rotatable bonds is 6. The lowest BCUT2D eigenvalue weighted by Gasteiger charge is -2.24. The van der Waals surface area contributed by atoms with Gasteiger partial charge in [-0.15, -0.1) is 0 Å². The van der Waals surface area contributed by atoms with Gasteiger partial charge in [0.25, 0.3) is 10.0 Å². The Labute approximate surface area is 175 Å². The minimum Gasteiger partial charge on any atom is -0.463 e. The molecule has 0 fully saturated rings. The molecule has 0 bridgehead atoms. The highest BCUT2D eigenvalue weighted by atomic mass is 32.2. The Kier molecular flexibility index (Phi) is 5.41. The minimum atomic E-state index is -3.77. The van der Waals surface area contributed by atoms with Crippen molar-refractivity contribution in [2.75, 3.05) is 4.72 Å². The normalized spacial score (nSPS) is 16.4. The highest BCUT2D eigenvalue weighted by Crippen LogP contribution is 2.37. The molecule has 154 valence electrons. The second-order valence-corrected chi connectivity index (χ2v) is 8.52. The zero-order valence-electron chi connectivity index (χ0n) is 16.4. The van der Waals surface area contributed by atoms with E-state index in [0.717, 1.165) is 0 Å². The molecule has 4 rings (SSSR count). The van der Waals surface area contributed by atoms with Crippen molar-refractivity contribution in [2.24, 2.45) is 5.10 Å². The molecule has 0 saturated carbocycles. The highest BCUT2D eigenvalue weighted by Gasteiger charge is 2.35. The molecular formula is C22H21N3O4S. The lowest BCUT2D eigenvalue weighted by atomic mass is 9.99. The van der Waals surface area contributed by atoms with Crippen molar-refractivity contribution < 1.29 is 17.6 Å². The second-order valence-electron chi connectivity index (χ2n) is 6.84. The van der Waals surface area contributed by atoms with Crippen LogP contribution in [0.2, 0.25) is 0 Å². The van der Waals surface area contributed by atoms with Crippen LogP contribution in [0.3, 0.4) is 0 Å². The molecule has 1 aliphatic heterocycles. The van der Waals surface area contributed by atoms with Crippen LogP contribution in [0.25, 0.3) is 0 Å².